The molecule has 1 aliphatic rings. The average Bonchev–Trinajstić information content (AvgIpc) is 2.46. The summed E-state index contributed by atoms with van der Waals surface area (Å²) in [6, 6.07) is 5.81. The van der Waals surface area contributed by atoms with Crippen molar-refractivity contribution in [1.82, 2.24) is 0 Å². The molecular weight excluding hydrogens is 253 g/mol. The molecule has 0 saturated carbocycles. The highest BCUT2D eigenvalue weighted by molar-refractivity contribution is 6.63. The summed E-state index contributed by atoms with van der Waals surface area (Å²) in [6.45, 7) is 10.0. The molecule has 0 radical (unpaired) electrons. The number of carbonyl (C=O) groups is 1. The van der Waals surface area contributed by atoms with Gasteiger partial charge in [-0.3, -0.25) is 4.79 Å². The Morgan fingerprint density at radius 3 is 2.25 bits per heavy atom. The Balaban J connectivity index is 2.41. The Hall–Kier alpha value is -1.33. The lowest BCUT2D eigenvalue weighted by atomic mass is 9.72. The summed E-state index contributed by atoms with van der Waals surface area (Å²) in [5.41, 5.74) is 7.37. The molecule has 0 aromatic heterocycles. The highest BCUT2D eigenvalue weighted by Gasteiger charge is 2.52. The number of amides is 1. The van der Waals surface area contributed by atoms with Gasteiger partial charge in [0, 0.05) is 0 Å². The van der Waals surface area contributed by atoms with Crippen molar-refractivity contribution in [3.8, 4) is 0 Å². The first-order valence-electron chi connectivity index (χ1n) is 6.86. The van der Waals surface area contributed by atoms with Crippen LogP contribution in [-0.4, -0.2) is 24.2 Å². The van der Waals surface area contributed by atoms with Crippen LogP contribution in [0, 0.1) is 6.92 Å². The summed E-state index contributed by atoms with van der Waals surface area (Å²) < 4.78 is 12.2. The number of nitrogens with two attached hydrogens (primary N) is 1. The second-order valence-corrected chi connectivity index (χ2v) is 6.38. The van der Waals surface area contributed by atoms with Crippen LogP contribution >= 0.6 is 0 Å². The van der Waals surface area contributed by atoms with E-state index in [0.29, 0.717) is 0 Å². The lowest BCUT2D eigenvalue weighted by Crippen LogP contribution is -2.41. The molecule has 0 atom stereocenters. The maximum Gasteiger partial charge on any atom is 0.495 e. The number of carbonyl (C=O) groups excluding carboxylic acids is 1. The van der Waals surface area contributed by atoms with Crippen LogP contribution in [0.25, 0.3) is 0 Å². The summed E-state index contributed by atoms with van der Waals surface area (Å²) in [7, 11) is -0.462. The molecule has 1 saturated heterocycles. The van der Waals surface area contributed by atoms with Crippen molar-refractivity contribution in [2.75, 3.05) is 0 Å². The molecule has 20 heavy (non-hydrogen) atoms. The Labute approximate surface area is 120 Å². The fraction of sp³-hybridized carbons (Fsp3) is 0.533. The smallest absolute Gasteiger partial charge is 0.399 e. The van der Waals surface area contributed by atoms with Crippen molar-refractivity contribution >= 4 is 18.5 Å². The Morgan fingerprint density at radius 2 is 1.75 bits per heavy atom. The number of hydrogen-bond donors (Lipinski definition) is 1. The molecule has 0 aliphatic carbocycles. The second-order valence-electron chi connectivity index (χ2n) is 6.38. The van der Waals surface area contributed by atoms with Gasteiger partial charge in [0.05, 0.1) is 17.6 Å². The summed E-state index contributed by atoms with van der Waals surface area (Å²) >= 11 is 0. The van der Waals surface area contributed by atoms with Crippen LogP contribution in [0.15, 0.2) is 18.2 Å². The third kappa shape index (κ3) is 2.60. The van der Waals surface area contributed by atoms with E-state index in [4.69, 9.17) is 15.0 Å². The van der Waals surface area contributed by atoms with Crippen molar-refractivity contribution in [1.29, 1.82) is 0 Å². The van der Waals surface area contributed by atoms with Gasteiger partial charge in [-0.25, -0.2) is 0 Å². The van der Waals surface area contributed by atoms with Gasteiger partial charge in [-0.05, 0) is 45.6 Å². The van der Waals surface area contributed by atoms with Crippen LogP contribution in [0.1, 0.15) is 38.8 Å². The number of benzene rings is 1. The molecule has 1 heterocycles. The fourth-order valence-electron chi connectivity index (χ4n) is 2.38. The first kappa shape index (κ1) is 15.1. The Morgan fingerprint density at radius 1 is 1.20 bits per heavy atom. The number of rotatable bonds is 3. The molecule has 0 unspecified atom stereocenters. The molecule has 108 valence electrons. The van der Waals surface area contributed by atoms with Crippen LogP contribution in [-0.2, 0) is 20.5 Å². The molecule has 1 aromatic carbocycles. The van der Waals surface area contributed by atoms with Gasteiger partial charge < -0.3 is 15.0 Å². The van der Waals surface area contributed by atoms with Gasteiger partial charge >= 0.3 is 7.12 Å². The lowest BCUT2D eigenvalue weighted by molar-refractivity contribution is -0.117. The molecule has 4 nitrogen and oxygen atoms in total. The molecule has 1 aromatic rings. The van der Waals surface area contributed by atoms with Crippen molar-refractivity contribution in [3.05, 3.63) is 29.3 Å². The van der Waals surface area contributed by atoms with Crippen LogP contribution in [0.3, 0.4) is 0 Å². The molecule has 0 bridgehead atoms. The Kier molecular flexibility index (Phi) is 3.69. The summed E-state index contributed by atoms with van der Waals surface area (Å²) in [4.78, 5) is 11.2. The monoisotopic (exact) mass is 275 g/mol. The van der Waals surface area contributed by atoms with E-state index in [9.17, 15) is 4.79 Å². The van der Waals surface area contributed by atoms with Gasteiger partial charge in [0.2, 0.25) is 5.91 Å². The van der Waals surface area contributed by atoms with E-state index in [1.165, 1.54) is 0 Å². The minimum Gasteiger partial charge on any atom is -0.399 e. The van der Waals surface area contributed by atoms with Crippen molar-refractivity contribution in [3.63, 3.8) is 0 Å². The van der Waals surface area contributed by atoms with Gasteiger partial charge in [0.25, 0.3) is 0 Å². The van der Waals surface area contributed by atoms with Gasteiger partial charge in [-0.15, -0.1) is 0 Å². The van der Waals surface area contributed by atoms with Gasteiger partial charge in [-0.2, -0.15) is 0 Å². The first-order chi connectivity index (χ1) is 9.14. The quantitative estimate of drug-likeness (QED) is 0.846. The summed E-state index contributed by atoms with van der Waals surface area (Å²) in [5.74, 6) is -0.353. The molecule has 1 aliphatic heterocycles. The van der Waals surface area contributed by atoms with Crippen LogP contribution in [0.2, 0.25) is 0 Å². The van der Waals surface area contributed by atoms with E-state index < -0.39 is 18.3 Å². The van der Waals surface area contributed by atoms with Crippen molar-refractivity contribution in [2.24, 2.45) is 5.73 Å². The normalized spacial score (nSPS) is 20.1. The standard InChI is InChI=1S/C15H22BNO3/c1-10-7-6-8-11(9-12(17)18)13(10)16-19-14(2,3)15(4,5)20-16/h6-8H,9H2,1-5H3,(H2,17,18). The predicted octanol–water partition coefficient (Wildman–Crippen LogP) is 1.32. The molecule has 2 rings (SSSR count). The second kappa shape index (κ2) is 4.90. The van der Waals surface area contributed by atoms with E-state index in [1.54, 1.807) is 0 Å². The van der Waals surface area contributed by atoms with Crippen LogP contribution in [0.4, 0.5) is 0 Å². The molecule has 2 N–H and O–H groups in total. The van der Waals surface area contributed by atoms with Crippen LogP contribution < -0.4 is 11.2 Å². The average molecular weight is 275 g/mol. The highest BCUT2D eigenvalue weighted by atomic mass is 16.7. The topological polar surface area (TPSA) is 61.6 Å². The maximum atomic E-state index is 11.2. The largest absolute Gasteiger partial charge is 0.495 e. The molecule has 1 amide bonds. The lowest BCUT2D eigenvalue weighted by Gasteiger charge is -2.32. The summed E-state index contributed by atoms with van der Waals surface area (Å²) in [5, 5.41) is 0. The van der Waals surface area contributed by atoms with Gasteiger partial charge in [-0.1, -0.05) is 23.8 Å². The maximum absolute atomic E-state index is 11.2. The molecule has 5 heteroatoms. The molecule has 0 spiro atoms. The highest BCUT2D eigenvalue weighted by Crippen LogP contribution is 2.36. The number of hydrogen-bond acceptors (Lipinski definition) is 3. The van der Waals surface area contributed by atoms with E-state index in [0.717, 1.165) is 16.6 Å². The van der Waals surface area contributed by atoms with Gasteiger partial charge in [0.1, 0.15) is 0 Å². The fourth-order valence-corrected chi connectivity index (χ4v) is 2.38. The van der Waals surface area contributed by atoms with E-state index in [2.05, 4.69) is 0 Å². The van der Waals surface area contributed by atoms with E-state index in [-0.39, 0.29) is 12.3 Å². The summed E-state index contributed by atoms with van der Waals surface area (Å²) in [6.07, 6.45) is 0.196. The zero-order chi connectivity index (χ0) is 15.1. The zero-order valence-corrected chi connectivity index (χ0v) is 12.8. The number of aryl methyl sites for hydroxylation is 1. The van der Waals surface area contributed by atoms with Gasteiger partial charge in [0.15, 0.2) is 0 Å². The van der Waals surface area contributed by atoms with Crippen molar-refractivity contribution in [2.45, 2.75) is 52.2 Å². The third-order valence-corrected chi connectivity index (χ3v) is 4.27. The van der Waals surface area contributed by atoms with E-state index >= 15 is 0 Å². The third-order valence-electron chi connectivity index (χ3n) is 4.27. The molecule has 1 fully saturated rings. The first-order valence-corrected chi connectivity index (χ1v) is 6.86. The minimum absolute atomic E-state index is 0.196. The predicted molar refractivity (Wildman–Crippen MR) is 79.8 cm³/mol. The van der Waals surface area contributed by atoms with Crippen LogP contribution in [0.5, 0.6) is 0 Å². The van der Waals surface area contributed by atoms with Crippen molar-refractivity contribution < 1.29 is 14.1 Å². The minimum atomic E-state index is -0.462. The van der Waals surface area contributed by atoms with E-state index in [1.807, 2.05) is 52.8 Å². The number of primary amides is 1. The SMILES string of the molecule is Cc1cccc(CC(N)=O)c1B1OC(C)(C)C(C)(C)O1. The zero-order valence-electron chi connectivity index (χ0n) is 12.8. The molecular formula is C15H22BNO3. The Bertz CT molecular complexity index is 524.